The van der Waals surface area contributed by atoms with Crippen molar-refractivity contribution in [3.63, 3.8) is 0 Å². The van der Waals surface area contributed by atoms with Gasteiger partial charge in [0.25, 0.3) is 5.91 Å². The number of benzene rings is 1. The van der Waals surface area contributed by atoms with Crippen molar-refractivity contribution in [2.45, 2.75) is 19.8 Å². The number of nitrogens with one attached hydrogen (secondary N) is 1. The Morgan fingerprint density at radius 3 is 2.38 bits per heavy atom. The van der Waals surface area contributed by atoms with Gasteiger partial charge in [0.2, 0.25) is 0 Å². The Hall–Kier alpha value is -2.50. The number of Topliss-reactive ketones (excluding diaryl/α,β-unsaturated/α-hetero) is 1. The van der Waals surface area contributed by atoms with Gasteiger partial charge in [-0.25, -0.2) is 0 Å². The second-order valence-corrected chi connectivity index (χ2v) is 4.59. The second kappa shape index (κ2) is 7.94. The third-order valence-corrected chi connectivity index (χ3v) is 2.89. The molecule has 6 nitrogen and oxygen atoms in total. The van der Waals surface area contributed by atoms with Crippen LogP contribution in [-0.2, 0) is 9.59 Å². The normalized spacial score (nSPS) is 12.1. The number of carboxylic acid groups (broad SMARTS) is 1. The number of aldehydes is 1. The first-order valence-corrected chi connectivity index (χ1v) is 6.45. The summed E-state index contributed by atoms with van der Waals surface area (Å²) in [5.41, 5.74) is 0.669. The minimum absolute atomic E-state index is 0.0253. The average molecular weight is 292 g/mol. The van der Waals surface area contributed by atoms with Gasteiger partial charge in [0.15, 0.2) is 5.78 Å². The lowest BCUT2D eigenvalue weighted by Gasteiger charge is -2.08. The highest BCUT2D eigenvalue weighted by Gasteiger charge is 2.15. The van der Waals surface area contributed by atoms with Gasteiger partial charge >= 0.3 is 5.97 Å². The third kappa shape index (κ3) is 5.18. The van der Waals surface area contributed by atoms with E-state index in [1.165, 1.54) is 24.3 Å². The van der Waals surface area contributed by atoms with Crippen LogP contribution in [0.4, 0.5) is 0 Å². The lowest BCUT2D eigenvalue weighted by Crippen LogP contribution is -2.26. The van der Waals surface area contributed by atoms with Crippen molar-refractivity contribution in [1.82, 2.24) is 5.32 Å². The molecule has 6 heteroatoms. The topological polar surface area (TPSA) is 101 Å². The number of hydrogen-bond donors (Lipinski definition) is 2. The maximum atomic E-state index is 12.0. The lowest BCUT2D eigenvalue weighted by atomic mass is 9.96. The zero-order valence-corrected chi connectivity index (χ0v) is 11.6. The van der Waals surface area contributed by atoms with E-state index in [1.807, 2.05) is 0 Å². The Kier molecular flexibility index (Phi) is 5.63. The van der Waals surface area contributed by atoms with Crippen molar-refractivity contribution in [3.05, 3.63) is 35.4 Å². The summed E-state index contributed by atoms with van der Waals surface area (Å²) in [5.74, 6) is -2.27. The summed E-state index contributed by atoms with van der Waals surface area (Å²) in [6, 6.07) is 5.86. The Bertz CT molecular complexity index is 582. The summed E-state index contributed by atoms with van der Waals surface area (Å²) in [6.45, 7) is 1.60. The van der Waals surface area contributed by atoms with Crippen LogP contribution in [0, 0.1) is 5.92 Å². The molecule has 21 heavy (non-hydrogen) atoms. The quantitative estimate of drug-likeness (QED) is 0.555. The Labute approximate surface area is 123 Å². The number of hydrogen-bond acceptors (Lipinski definition) is 4. The van der Waals surface area contributed by atoms with E-state index in [4.69, 9.17) is 6.48 Å². The van der Waals surface area contributed by atoms with Crippen LogP contribution in [0.25, 0.3) is 0 Å². The van der Waals surface area contributed by atoms with E-state index in [1.54, 1.807) is 6.92 Å². The third-order valence-electron chi connectivity index (χ3n) is 2.89. The smallest absolute Gasteiger partial charge is 0.305 e. The molecule has 1 rings (SSSR count). The average Bonchev–Trinajstić information content (AvgIpc) is 2.45. The molecule has 0 radical (unpaired) electrons. The minimum Gasteiger partial charge on any atom is -0.481 e. The largest absolute Gasteiger partial charge is 0.481 e. The maximum Gasteiger partial charge on any atom is 0.305 e. The van der Waals surface area contributed by atoms with Gasteiger partial charge in [-0.2, -0.15) is 0 Å². The van der Waals surface area contributed by atoms with Crippen LogP contribution in [0.3, 0.4) is 0 Å². The van der Waals surface area contributed by atoms with Crippen molar-refractivity contribution in [2.75, 3.05) is 6.54 Å². The number of rotatable bonds is 8. The molecule has 0 saturated heterocycles. The molecule has 1 unspecified atom stereocenters. The predicted octanol–water partition coefficient (Wildman–Crippen LogP) is 1.30. The first kappa shape index (κ1) is 14.9. The van der Waals surface area contributed by atoms with Crippen molar-refractivity contribution < 1.29 is 25.7 Å². The molecule has 1 atom stereocenters. The number of aliphatic carboxylic acids is 1. The molecule has 0 spiro atoms. The SMILES string of the molecule is [2H]C(=O)CC(C)C(=O)c1ccc(C(=O)NCCC(=O)O)cc1. The first-order chi connectivity index (χ1) is 10.3. The molecule has 0 aromatic heterocycles. The fourth-order valence-electron chi connectivity index (χ4n) is 1.67. The van der Waals surface area contributed by atoms with E-state index >= 15 is 0 Å². The highest BCUT2D eigenvalue weighted by molar-refractivity contribution is 6.00. The summed E-state index contributed by atoms with van der Waals surface area (Å²) in [4.78, 5) is 44.8. The van der Waals surface area contributed by atoms with Crippen molar-refractivity contribution in [1.29, 1.82) is 0 Å². The molecule has 1 aromatic carbocycles. The van der Waals surface area contributed by atoms with Crippen molar-refractivity contribution >= 4 is 23.9 Å². The molecule has 0 fully saturated rings. The zero-order chi connectivity index (χ0) is 16.7. The molecule has 0 aliphatic heterocycles. The monoisotopic (exact) mass is 292 g/mol. The molecule has 0 aliphatic carbocycles. The van der Waals surface area contributed by atoms with Gasteiger partial charge in [-0.05, 0) is 12.1 Å². The first-order valence-electron chi connectivity index (χ1n) is 6.95. The Balaban J connectivity index is 2.65. The van der Waals surface area contributed by atoms with Crippen LogP contribution in [0.15, 0.2) is 24.3 Å². The number of carbonyl (C=O) groups excluding carboxylic acids is 3. The summed E-state index contributed by atoms with van der Waals surface area (Å²) in [7, 11) is 0. The molecule has 0 saturated carbocycles. The molecular weight excluding hydrogens is 274 g/mol. The van der Waals surface area contributed by atoms with Crippen LogP contribution in [-0.4, -0.2) is 35.6 Å². The van der Waals surface area contributed by atoms with Crippen LogP contribution >= 0.6 is 0 Å². The fraction of sp³-hybridized carbons (Fsp3) is 0.333. The molecular formula is C15H17NO5. The van der Waals surface area contributed by atoms with E-state index in [0.717, 1.165) is 0 Å². The van der Waals surface area contributed by atoms with Gasteiger partial charge in [-0.15, -0.1) is 0 Å². The summed E-state index contributed by atoms with van der Waals surface area (Å²) >= 11 is 0. The van der Waals surface area contributed by atoms with Crippen molar-refractivity contribution in [2.24, 2.45) is 5.92 Å². The fourth-order valence-corrected chi connectivity index (χ4v) is 1.67. The minimum atomic E-state index is -1.00. The zero-order valence-electron chi connectivity index (χ0n) is 12.6. The number of carbonyl (C=O) groups is 4. The van der Waals surface area contributed by atoms with E-state index in [2.05, 4.69) is 5.32 Å². The van der Waals surface area contributed by atoms with Gasteiger partial charge in [-0.1, -0.05) is 19.1 Å². The maximum absolute atomic E-state index is 12.0. The number of amides is 1. The van der Waals surface area contributed by atoms with Crippen LogP contribution < -0.4 is 5.32 Å². The molecule has 2 N–H and O–H groups in total. The van der Waals surface area contributed by atoms with Gasteiger partial charge in [0, 0.05) is 30.0 Å². The number of carboxylic acids is 1. The van der Waals surface area contributed by atoms with E-state index in [-0.39, 0.29) is 25.2 Å². The van der Waals surface area contributed by atoms with Gasteiger partial charge in [0.05, 0.1) is 6.42 Å². The van der Waals surface area contributed by atoms with E-state index in [0.29, 0.717) is 11.1 Å². The van der Waals surface area contributed by atoms with Crippen LogP contribution in [0.2, 0.25) is 0 Å². The molecule has 0 bridgehead atoms. The highest BCUT2D eigenvalue weighted by Crippen LogP contribution is 2.12. The molecule has 1 aromatic rings. The van der Waals surface area contributed by atoms with E-state index < -0.39 is 24.1 Å². The van der Waals surface area contributed by atoms with Crippen LogP contribution in [0.1, 0.15) is 41.9 Å². The number of ketones is 1. The van der Waals surface area contributed by atoms with E-state index in [9.17, 15) is 19.2 Å². The second-order valence-electron chi connectivity index (χ2n) is 4.59. The highest BCUT2D eigenvalue weighted by atomic mass is 16.4. The lowest BCUT2D eigenvalue weighted by molar-refractivity contribution is -0.136. The standard InChI is InChI=1S/C15H17NO5/c1-10(7-9-17)14(20)11-2-4-12(5-3-11)15(21)16-8-6-13(18)19/h2-5,9-10H,6-8H2,1H3,(H,16,21)(H,18,19)/i9D. The van der Waals surface area contributed by atoms with Crippen molar-refractivity contribution in [3.8, 4) is 0 Å². The molecule has 0 heterocycles. The van der Waals surface area contributed by atoms with Gasteiger partial charge in [-0.3, -0.25) is 14.4 Å². The Morgan fingerprint density at radius 1 is 1.29 bits per heavy atom. The summed E-state index contributed by atoms with van der Waals surface area (Å²) in [5, 5.41) is 10.9. The van der Waals surface area contributed by atoms with Gasteiger partial charge < -0.3 is 15.2 Å². The summed E-state index contributed by atoms with van der Waals surface area (Å²) < 4.78 is 6.86. The summed E-state index contributed by atoms with van der Waals surface area (Å²) in [6.07, 6.45) is -1.10. The molecule has 1 amide bonds. The van der Waals surface area contributed by atoms with Gasteiger partial charge in [0.1, 0.15) is 7.63 Å². The molecule has 112 valence electrons. The van der Waals surface area contributed by atoms with Crippen LogP contribution in [0.5, 0.6) is 0 Å². The Morgan fingerprint density at radius 2 is 1.86 bits per heavy atom. The molecule has 0 aliphatic rings. The predicted molar refractivity (Wildman–Crippen MR) is 75.2 cm³/mol.